The molecule has 6 nitrogen and oxygen atoms in total. The van der Waals surface area contributed by atoms with Gasteiger partial charge in [0.05, 0.1) is 22.9 Å². The molecule has 2 aromatic carbocycles. The van der Waals surface area contributed by atoms with Gasteiger partial charge in [-0.05, 0) is 67.8 Å². The number of hydrogen-bond acceptors (Lipinski definition) is 5. The van der Waals surface area contributed by atoms with Crippen molar-refractivity contribution < 1.29 is 13.2 Å². The van der Waals surface area contributed by atoms with Gasteiger partial charge in [0.1, 0.15) is 5.75 Å². The monoisotopic (exact) mass is 409 g/mol. The minimum Gasteiger partial charge on any atom is -0.494 e. The van der Waals surface area contributed by atoms with Gasteiger partial charge in [-0.15, -0.1) is 6.42 Å². The summed E-state index contributed by atoms with van der Waals surface area (Å²) in [6.07, 6.45) is 7.20. The largest absolute Gasteiger partial charge is 0.494 e. The number of terminal acetylenes is 1. The lowest BCUT2D eigenvalue weighted by atomic mass is 9.97. The second-order valence-electron chi connectivity index (χ2n) is 6.71. The molecule has 0 aliphatic rings. The van der Waals surface area contributed by atoms with Gasteiger partial charge in [-0.25, -0.2) is 17.4 Å². The maximum atomic E-state index is 12.8. The second-order valence-corrected chi connectivity index (χ2v) is 9.05. The van der Waals surface area contributed by atoms with Crippen molar-refractivity contribution in [2.75, 3.05) is 12.3 Å². The quantitative estimate of drug-likeness (QED) is 0.628. The molecule has 2 N–H and O–H groups in total. The Morgan fingerprint density at radius 1 is 1.24 bits per heavy atom. The summed E-state index contributed by atoms with van der Waals surface area (Å²) >= 11 is 0. The number of aromatic nitrogens is 2. The summed E-state index contributed by atoms with van der Waals surface area (Å²) in [6, 6.07) is 12.9. The van der Waals surface area contributed by atoms with Crippen molar-refractivity contribution in [2.24, 2.45) is 0 Å². The van der Waals surface area contributed by atoms with E-state index in [1.165, 1.54) is 0 Å². The molecular formula is C22H23N3O3S. The standard InChI is InChI=1S/C22H23N3O3S/c1-5-7-19(16-8-11-18(12-9-16)28-6-2)17-10-13-20-21(14-17)25(22(23)24-20)29(26,27)15(3)4/h1,7-15H,6H2,2-4H3,(H2,23,24)/b19-7-. The van der Waals surface area contributed by atoms with Crippen molar-refractivity contribution in [1.82, 2.24) is 8.96 Å². The predicted octanol–water partition coefficient (Wildman–Crippen LogP) is 3.67. The van der Waals surface area contributed by atoms with Crippen molar-refractivity contribution >= 4 is 32.6 Å². The third-order valence-electron chi connectivity index (χ3n) is 4.50. The van der Waals surface area contributed by atoms with Crippen LogP contribution in [0.2, 0.25) is 0 Å². The Morgan fingerprint density at radius 2 is 1.90 bits per heavy atom. The molecule has 0 spiro atoms. The van der Waals surface area contributed by atoms with Crippen LogP contribution in [0.25, 0.3) is 16.6 Å². The van der Waals surface area contributed by atoms with E-state index in [9.17, 15) is 8.42 Å². The lowest BCUT2D eigenvalue weighted by Gasteiger charge is -2.13. The molecule has 150 valence electrons. The summed E-state index contributed by atoms with van der Waals surface area (Å²) in [5, 5.41) is -0.641. The van der Waals surface area contributed by atoms with Gasteiger partial charge in [-0.3, -0.25) is 0 Å². The van der Waals surface area contributed by atoms with Crippen molar-refractivity contribution in [3.8, 4) is 18.1 Å². The fraction of sp³-hybridized carbons (Fsp3) is 0.227. The fourth-order valence-electron chi connectivity index (χ4n) is 3.03. The molecule has 0 atom stereocenters. The number of anilines is 1. The highest BCUT2D eigenvalue weighted by Gasteiger charge is 2.24. The van der Waals surface area contributed by atoms with Gasteiger partial charge in [0.2, 0.25) is 16.0 Å². The van der Waals surface area contributed by atoms with Crippen LogP contribution in [0.1, 0.15) is 31.9 Å². The van der Waals surface area contributed by atoms with E-state index >= 15 is 0 Å². The predicted molar refractivity (Wildman–Crippen MR) is 117 cm³/mol. The van der Waals surface area contributed by atoms with Gasteiger partial charge in [-0.2, -0.15) is 0 Å². The van der Waals surface area contributed by atoms with E-state index < -0.39 is 15.3 Å². The molecule has 0 saturated heterocycles. The first kappa shape index (κ1) is 20.5. The molecular weight excluding hydrogens is 386 g/mol. The average Bonchev–Trinajstić information content (AvgIpc) is 3.02. The van der Waals surface area contributed by atoms with Gasteiger partial charge in [0, 0.05) is 0 Å². The van der Waals surface area contributed by atoms with E-state index in [1.807, 2.05) is 37.3 Å². The summed E-state index contributed by atoms with van der Waals surface area (Å²) in [4.78, 5) is 4.20. The van der Waals surface area contributed by atoms with Gasteiger partial charge in [-0.1, -0.05) is 24.1 Å². The maximum absolute atomic E-state index is 12.8. The first-order valence-electron chi connectivity index (χ1n) is 9.21. The molecule has 1 heterocycles. The highest BCUT2D eigenvalue weighted by Crippen LogP contribution is 2.30. The first-order chi connectivity index (χ1) is 13.8. The summed E-state index contributed by atoms with van der Waals surface area (Å²) in [5.41, 5.74) is 9.28. The molecule has 0 aliphatic carbocycles. The van der Waals surface area contributed by atoms with E-state index in [0.29, 0.717) is 17.6 Å². The van der Waals surface area contributed by atoms with E-state index in [-0.39, 0.29) is 5.95 Å². The van der Waals surface area contributed by atoms with Crippen molar-refractivity contribution in [3.63, 3.8) is 0 Å². The molecule has 0 radical (unpaired) electrons. The number of imidazole rings is 1. The third-order valence-corrected chi connectivity index (χ3v) is 6.59. The van der Waals surface area contributed by atoms with Crippen LogP contribution >= 0.6 is 0 Å². The SMILES string of the molecule is C#C/C=C(/c1ccc(OCC)cc1)c1ccc2nc(N)n(S(=O)(=O)C(C)C)c2c1. The number of benzene rings is 2. The smallest absolute Gasteiger partial charge is 0.244 e. The summed E-state index contributed by atoms with van der Waals surface area (Å²) in [7, 11) is -3.67. The maximum Gasteiger partial charge on any atom is 0.244 e. The first-order valence-corrected chi connectivity index (χ1v) is 10.7. The van der Waals surface area contributed by atoms with Crippen molar-refractivity contribution in [3.05, 3.63) is 59.7 Å². The molecule has 3 aromatic rings. The van der Waals surface area contributed by atoms with E-state index in [2.05, 4.69) is 10.9 Å². The van der Waals surface area contributed by atoms with Crippen LogP contribution in [0.15, 0.2) is 48.5 Å². The molecule has 0 aliphatic heterocycles. The van der Waals surface area contributed by atoms with Crippen LogP contribution in [-0.2, 0) is 10.0 Å². The molecule has 29 heavy (non-hydrogen) atoms. The Labute approximate surface area is 171 Å². The number of nitrogen functional groups attached to an aromatic ring is 1. The molecule has 0 amide bonds. The number of fused-ring (bicyclic) bond motifs is 1. The van der Waals surface area contributed by atoms with Gasteiger partial charge in [0.25, 0.3) is 0 Å². The van der Waals surface area contributed by atoms with E-state index in [4.69, 9.17) is 16.9 Å². The van der Waals surface area contributed by atoms with Crippen LogP contribution < -0.4 is 10.5 Å². The average molecular weight is 410 g/mol. The molecule has 0 fully saturated rings. The number of nitrogens with zero attached hydrogens (tertiary/aromatic N) is 2. The van der Waals surface area contributed by atoms with Crippen LogP contribution in [-0.4, -0.2) is 29.2 Å². The fourth-order valence-corrected chi connectivity index (χ4v) is 4.18. The summed E-state index contributed by atoms with van der Waals surface area (Å²) in [6.45, 7) is 5.72. The molecule has 1 aromatic heterocycles. The number of allylic oxidation sites excluding steroid dienone is 1. The van der Waals surface area contributed by atoms with Gasteiger partial charge in [0.15, 0.2) is 0 Å². The lowest BCUT2D eigenvalue weighted by molar-refractivity contribution is 0.340. The Balaban J connectivity index is 2.17. The second kappa shape index (κ2) is 8.02. The Bertz CT molecular complexity index is 1210. The molecule has 0 unspecified atom stereocenters. The number of hydrogen-bond donors (Lipinski definition) is 1. The molecule has 3 rings (SSSR count). The molecule has 7 heteroatoms. The van der Waals surface area contributed by atoms with Gasteiger partial charge >= 0.3 is 0 Å². The molecule has 0 saturated carbocycles. The number of rotatable bonds is 6. The lowest BCUT2D eigenvalue weighted by Crippen LogP contribution is -2.23. The van der Waals surface area contributed by atoms with Crippen LogP contribution in [0.3, 0.4) is 0 Å². The summed E-state index contributed by atoms with van der Waals surface area (Å²) in [5.74, 6) is 3.27. The third kappa shape index (κ3) is 3.84. The highest BCUT2D eigenvalue weighted by molar-refractivity contribution is 7.90. The van der Waals surface area contributed by atoms with Crippen LogP contribution in [0.4, 0.5) is 5.95 Å². The Morgan fingerprint density at radius 3 is 2.48 bits per heavy atom. The van der Waals surface area contributed by atoms with E-state index in [1.54, 1.807) is 32.1 Å². The van der Waals surface area contributed by atoms with Crippen LogP contribution in [0.5, 0.6) is 5.75 Å². The van der Waals surface area contributed by atoms with Gasteiger partial charge < -0.3 is 10.5 Å². The van der Waals surface area contributed by atoms with Crippen molar-refractivity contribution in [2.45, 2.75) is 26.0 Å². The number of ether oxygens (including phenoxy) is 1. The number of nitrogens with two attached hydrogens (primary N) is 1. The zero-order chi connectivity index (χ0) is 21.2. The Kier molecular flexibility index (Phi) is 5.66. The Hall–Kier alpha value is -3.24. The zero-order valence-electron chi connectivity index (χ0n) is 16.6. The minimum absolute atomic E-state index is 0.0607. The normalized spacial score (nSPS) is 12.3. The topological polar surface area (TPSA) is 87.2 Å². The molecule has 0 bridgehead atoms. The zero-order valence-corrected chi connectivity index (χ0v) is 17.4. The van der Waals surface area contributed by atoms with E-state index in [0.717, 1.165) is 26.4 Å². The van der Waals surface area contributed by atoms with Crippen LogP contribution in [0, 0.1) is 12.3 Å². The minimum atomic E-state index is -3.67. The highest BCUT2D eigenvalue weighted by atomic mass is 32.2. The van der Waals surface area contributed by atoms with Crippen molar-refractivity contribution in [1.29, 1.82) is 0 Å². The summed E-state index contributed by atoms with van der Waals surface area (Å²) < 4.78 is 32.2.